The smallest absolute Gasteiger partial charge is 0.324 e. The maximum Gasteiger partial charge on any atom is 0.416 e. The summed E-state index contributed by atoms with van der Waals surface area (Å²) in [5, 5.41) is 4.32. The maximum absolute atomic E-state index is 13.0. The van der Waals surface area contributed by atoms with E-state index in [1.165, 1.54) is 12.1 Å². The van der Waals surface area contributed by atoms with Gasteiger partial charge in [0.05, 0.1) is 11.3 Å². The first-order valence-electron chi connectivity index (χ1n) is 6.74. The fourth-order valence-corrected chi connectivity index (χ4v) is 2.19. The molecule has 3 nitrogen and oxygen atoms in total. The molecule has 2 N–H and O–H groups in total. The molecule has 1 unspecified atom stereocenters. The molecule has 0 saturated heterocycles. The Labute approximate surface area is 121 Å². The lowest BCUT2D eigenvalue weighted by molar-refractivity contribution is -0.138. The number of benzene rings is 1. The first kappa shape index (κ1) is 15.6. The summed E-state index contributed by atoms with van der Waals surface area (Å²) in [5.74, 6) is 0. The molecule has 0 spiro atoms. The monoisotopic (exact) mass is 297 g/mol. The van der Waals surface area contributed by atoms with Gasteiger partial charge in [0.2, 0.25) is 0 Å². The van der Waals surface area contributed by atoms with Gasteiger partial charge in [0, 0.05) is 24.7 Å². The van der Waals surface area contributed by atoms with Gasteiger partial charge >= 0.3 is 6.18 Å². The minimum Gasteiger partial charge on any atom is -0.324 e. The molecule has 0 amide bonds. The SMILES string of the molecule is CC(C)n1ccc(CC(N)c2ccccc2C(F)(F)F)n1. The van der Waals surface area contributed by atoms with Crippen LogP contribution in [0.25, 0.3) is 0 Å². The quantitative estimate of drug-likeness (QED) is 0.934. The van der Waals surface area contributed by atoms with Crippen molar-refractivity contribution in [2.45, 2.75) is 38.5 Å². The predicted octanol–water partition coefficient (Wildman–Crippen LogP) is 3.73. The molecule has 114 valence electrons. The Balaban J connectivity index is 2.22. The second-order valence-electron chi connectivity index (χ2n) is 5.28. The average molecular weight is 297 g/mol. The van der Waals surface area contributed by atoms with Gasteiger partial charge in [0.25, 0.3) is 0 Å². The van der Waals surface area contributed by atoms with Crippen molar-refractivity contribution in [3.63, 3.8) is 0 Å². The van der Waals surface area contributed by atoms with E-state index >= 15 is 0 Å². The highest BCUT2D eigenvalue weighted by Crippen LogP contribution is 2.34. The lowest BCUT2D eigenvalue weighted by Crippen LogP contribution is -2.19. The van der Waals surface area contributed by atoms with Crippen LogP contribution in [-0.2, 0) is 12.6 Å². The summed E-state index contributed by atoms with van der Waals surface area (Å²) in [5.41, 5.74) is 6.07. The van der Waals surface area contributed by atoms with E-state index in [-0.39, 0.29) is 18.0 Å². The van der Waals surface area contributed by atoms with Gasteiger partial charge in [0.15, 0.2) is 0 Å². The molecule has 2 aromatic rings. The molecule has 0 aliphatic carbocycles. The maximum atomic E-state index is 13.0. The van der Waals surface area contributed by atoms with E-state index in [0.29, 0.717) is 5.69 Å². The van der Waals surface area contributed by atoms with Crippen molar-refractivity contribution < 1.29 is 13.2 Å². The van der Waals surface area contributed by atoms with Gasteiger partial charge in [0.1, 0.15) is 0 Å². The molecule has 21 heavy (non-hydrogen) atoms. The molecule has 1 aromatic heterocycles. The average Bonchev–Trinajstić information content (AvgIpc) is 2.86. The second kappa shape index (κ2) is 5.89. The third kappa shape index (κ3) is 3.64. The minimum atomic E-state index is -4.40. The topological polar surface area (TPSA) is 43.8 Å². The molecule has 6 heteroatoms. The van der Waals surface area contributed by atoms with Gasteiger partial charge in [-0.15, -0.1) is 0 Å². The number of nitrogens with zero attached hydrogens (tertiary/aromatic N) is 2. The Hall–Kier alpha value is -1.82. The van der Waals surface area contributed by atoms with Crippen molar-refractivity contribution in [3.05, 3.63) is 53.3 Å². The lowest BCUT2D eigenvalue weighted by Gasteiger charge is -2.17. The number of halogens is 3. The molecule has 1 heterocycles. The number of nitrogens with two attached hydrogens (primary N) is 1. The standard InChI is InChI=1S/C15H18F3N3/c1-10(2)21-8-7-11(20-21)9-14(19)12-5-3-4-6-13(12)15(16,17)18/h3-8,10,14H,9,19H2,1-2H3. The van der Waals surface area contributed by atoms with Crippen LogP contribution >= 0.6 is 0 Å². The van der Waals surface area contributed by atoms with E-state index < -0.39 is 17.8 Å². The number of hydrogen-bond acceptors (Lipinski definition) is 2. The van der Waals surface area contributed by atoms with Crippen LogP contribution in [0.5, 0.6) is 0 Å². The third-order valence-corrected chi connectivity index (χ3v) is 3.29. The number of hydrogen-bond donors (Lipinski definition) is 1. The number of aromatic nitrogens is 2. The summed E-state index contributed by atoms with van der Waals surface area (Å²) in [4.78, 5) is 0. The van der Waals surface area contributed by atoms with Gasteiger partial charge in [-0.2, -0.15) is 18.3 Å². The Kier molecular flexibility index (Phi) is 4.37. The van der Waals surface area contributed by atoms with Crippen LogP contribution in [0.1, 0.15) is 42.8 Å². The van der Waals surface area contributed by atoms with Crippen molar-refractivity contribution in [1.82, 2.24) is 9.78 Å². The summed E-state index contributed by atoms with van der Waals surface area (Å²) in [6.45, 7) is 3.96. The van der Waals surface area contributed by atoms with Crippen molar-refractivity contribution in [2.24, 2.45) is 5.73 Å². The van der Waals surface area contributed by atoms with Crippen LogP contribution in [0, 0.1) is 0 Å². The molecule has 0 radical (unpaired) electrons. The largest absolute Gasteiger partial charge is 0.416 e. The molecule has 0 aliphatic rings. The van der Waals surface area contributed by atoms with Gasteiger partial charge in [-0.25, -0.2) is 0 Å². The van der Waals surface area contributed by atoms with E-state index in [1.54, 1.807) is 16.8 Å². The zero-order valence-electron chi connectivity index (χ0n) is 11.9. The zero-order chi connectivity index (χ0) is 15.6. The van der Waals surface area contributed by atoms with E-state index in [0.717, 1.165) is 6.07 Å². The predicted molar refractivity (Wildman–Crippen MR) is 74.7 cm³/mol. The molecular weight excluding hydrogens is 279 g/mol. The van der Waals surface area contributed by atoms with Crippen LogP contribution in [0.3, 0.4) is 0 Å². The second-order valence-corrected chi connectivity index (χ2v) is 5.28. The van der Waals surface area contributed by atoms with E-state index in [4.69, 9.17) is 5.73 Å². The fraction of sp³-hybridized carbons (Fsp3) is 0.400. The summed E-state index contributed by atoms with van der Waals surface area (Å²) >= 11 is 0. The number of rotatable bonds is 4. The van der Waals surface area contributed by atoms with Gasteiger partial charge < -0.3 is 5.73 Å². The van der Waals surface area contributed by atoms with E-state index in [9.17, 15) is 13.2 Å². The summed E-state index contributed by atoms with van der Waals surface area (Å²) in [6, 6.07) is 6.67. The van der Waals surface area contributed by atoms with Gasteiger partial charge in [-0.05, 0) is 31.5 Å². The Bertz CT molecular complexity index is 602. The first-order chi connectivity index (χ1) is 9.79. The molecular formula is C15H18F3N3. The fourth-order valence-electron chi connectivity index (χ4n) is 2.19. The molecule has 1 atom stereocenters. The van der Waals surface area contributed by atoms with Crippen LogP contribution < -0.4 is 5.73 Å². The minimum absolute atomic E-state index is 0.101. The summed E-state index contributed by atoms with van der Waals surface area (Å²) in [7, 11) is 0. The van der Waals surface area contributed by atoms with E-state index in [1.807, 2.05) is 20.0 Å². The van der Waals surface area contributed by atoms with Crippen LogP contribution in [0.4, 0.5) is 13.2 Å². The Morgan fingerprint density at radius 2 is 1.86 bits per heavy atom. The zero-order valence-corrected chi connectivity index (χ0v) is 11.9. The molecule has 0 bridgehead atoms. The van der Waals surface area contributed by atoms with Gasteiger partial charge in [-0.1, -0.05) is 18.2 Å². The summed E-state index contributed by atoms with van der Waals surface area (Å²) in [6.07, 6.45) is -2.32. The van der Waals surface area contributed by atoms with Crippen molar-refractivity contribution >= 4 is 0 Å². The Morgan fingerprint density at radius 3 is 2.43 bits per heavy atom. The highest BCUT2D eigenvalue weighted by molar-refractivity contribution is 5.32. The molecule has 0 saturated carbocycles. The van der Waals surface area contributed by atoms with Crippen molar-refractivity contribution in [1.29, 1.82) is 0 Å². The summed E-state index contributed by atoms with van der Waals surface area (Å²) < 4.78 is 40.7. The third-order valence-electron chi connectivity index (χ3n) is 3.29. The molecule has 0 fully saturated rings. The molecule has 2 rings (SSSR count). The number of alkyl halides is 3. The van der Waals surface area contributed by atoms with E-state index in [2.05, 4.69) is 5.10 Å². The molecule has 0 aliphatic heterocycles. The van der Waals surface area contributed by atoms with Gasteiger partial charge in [-0.3, -0.25) is 4.68 Å². The lowest BCUT2D eigenvalue weighted by atomic mass is 9.97. The van der Waals surface area contributed by atoms with Crippen molar-refractivity contribution in [3.8, 4) is 0 Å². The first-order valence-corrected chi connectivity index (χ1v) is 6.74. The van der Waals surface area contributed by atoms with Crippen molar-refractivity contribution in [2.75, 3.05) is 0 Å². The molecule has 1 aromatic carbocycles. The van der Waals surface area contributed by atoms with Crippen LogP contribution in [0.2, 0.25) is 0 Å². The van der Waals surface area contributed by atoms with Crippen LogP contribution in [-0.4, -0.2) is 9.78 Å². The van der Waals surface area contributed by atoms with Crippen LogP contribution in [0.15, 0.2) is 36.5 Å². The normalized spacial score (nSPS) is 13.7. The highest BCUT2D eigenvalue weighted by atomic mass is 19.4. The Morgan fingerprint density at radius 1 is 1.19 bits per heavy atom. The highest BCUT2D eigenvalue weighted by Gasteiger charge is 2.34.